The Balaban J connectivity index is 1.61. The van der Waals surface area contributed by atoms with Crippen molar-refractivity contribution < 1.29 is 9.53 Å². The Morgan fingerprint density at radius 2 is 1.74 bits per heavy atom. The molecular weight excluding hydrogens is 488 g/mol. The first-order valence-electron chi connectivity index (χ1n) is 11.6. The first kappa shape index (κ1) is 22.7. The minimum absolute atomic E-state index is 0.0826. The van der Waals surface area contributed by atoms with E-state index in [1.807, 2.05) is 50.5 Å². The molecule has 174 valence electrons. The van der Waals surface area contributed by atoms with Crippen molar-refractivity contribution in [1.29, 1.82) is 0 Å². The second-order valence-electron chi connectivity index (χ2n) is 10.1. The van der Waals surface area contributed by atoms with E-state index in [2.05, 4.69) is 70.3 Å². The third-order valence-electron chi connectivity index (χ3n) is 6.59. The molecule has 1 unspecified atom stereocenters. The fourth-order valence-electron chi connectivity index (χ4n) is 5.04. The average Bonchev–Trinajstić information content (AvgIpc) is 2.78. The Kier molecular flexibility index (Phi) is 5.76. The second kappa shape index (κ2) is 8.62. The number of hydrogen-bond acceptors (Lipinski definition) is 4. The van der Waals surface area contributed by atoms with Crippen molar-refractivity contribution in [3.05, 3.63) is 87.9 Å². The van der Waals surface area contributed by atoms with Gasteiger partial charge in [-0.25, -0.2) is 0 Å². The molecule has 4 nitrogen and oxygen atoms in total. The van der Waals surface area contributed by atoms with Gasteiger partial charge in [0.1, 0.15) is 11.5 Å². The number of carbonyl (C=O) groups excluding carboxylic acids is 1. The maximum absolute atomic E-state index is 13.5. The Morgan fingerprint density at radius 1 is 0.971 bits per heavy atom. The number of ether oxygens (including phenoxy) is 1. The summed E-state index contributed by atoms with van der Waals surface area (Å²) in [6, 6.07) is 22.1. The van der Waals surface area contributed by atoms with Crippen LogP contribution in [0.5, 0.6) is 11.5 Å². The summed E-state index contributed by atoms with van der Waals surface area (Å²) < 4.78 is 7.13. The minimum Gasteiger partial charge on any atom is -0.457 e. The van der Waals surface area contributed by atoms with E-state index < -0.39 is 0 Å². The van der Waals surface area contributed by atoms with Crippen LogP contribution in [-0.4, -0.2) is 19.9 Å². The van der Waals surface area contributed by atoms with Crippen molar-refractivity contribution in [3.8, 4) is 11.5 Å². The van der Waals surface area contributed by atoms with Crippen LogP contribution >= 0.6 is 15.9 Å². The van der Waals surface area contributed by atoms with Crippen LogP contribution in [0.25, 0.3) is 5.57 Å². The quantitative estimate of drug-likeness (QED) is 0.387. The topological polar surface area (TPSA) is 41.6 Å². The summed E-state index contributed by atoms with van der Waals surface area (Å²) in [6.45, 7) is 4.36. The maximum atomic E-state index is 13.5. The molecule has 1 aliphatic heterocycles. The van der Waals surface area contributed by atoms with E-state index in [4.69, 9.17) is 4.74 Å². The highest BCUT2D eigenvalue weighted by molar-refractivity contribution is 9.10. The number of carbonyl (C=O) groups is 1. The largest absolute Gasteiger partial charge is 0.457 e. The van der Waals surface area contributed by atoms with Crippen LogP contribution in [-0.2, 0) is 4.79 Å². The van der Waals surface area contributed by atoms with Crippen LogP contribution in [0.15, 0.2) is 76.8 Å². The fraction of sp³-hybridized carbons (Fsp3) is 0.276. The number of fused-ring (bicyclic) bond motifs is 2. The number of nitrogens with one attached hydrogen (secondary N) is 1. The molecule has 5 heteroatoms. The summed E-state index contributed by atoms with van der Waals surface area (Å²) in [5.74, 6) is 1.78. The van der Waals surface area contributed by atoms with Gasteiger partial charge in [-0.1, -0.05) is 38.1 Å². The number of nitrogens with zero attached hydrogens (tertiary/aromatic N) is 1. The molecule has 3 aromatic rings. The Hall–Kier alpha value is -3.05. The number of ketones is 1. The molecule has 3 aromatic carbocycles. The van der Waals surface area contributed by atoms with Crippen LogP contribution in [0.2, 0.25) is 0 Å². The highest BCUT2D eigenvalue weighted by atomic mass is 79.9. The maximum Gasteiger partial charge on any atom is 0.162 e. The molecule has 0 saturated heterocycles. The van der Waals surface area contributed by atoms with E-state index >= 15 is 0 Å². The summed E-state index contributed by atoms with van der Waals surface area (Å²) >= 11 is 3.72. The molecule has 0 radical (unpaired) electrons. The summed E-state index contributed by atoms with van der Waals surface area (Å²) in [7, 11) is 4.05. The van der Waals surface area contributed by atoms with Gasteiger partial charge in [-0.3, -0.25) is 4.79 Å². The lowest BCUT2D eigenvalue weighted by Crippen LogP contribution is -2.33. The van der Waals surface area contributed by atoms with Crippen molar-refractivity contribution in [1.82, 2.24) is 0 Å². The van der Waals surface area contributed by atoms with Gasteiger partial charge in [-0.05, 0) is 81.4 Å². The number of allylic oxidation sites excluding steroid dienone is 1. The molecule has 0 amide bonds. The fourth-order valence-corrected chi connectivity index (χ4v) is 5.79. The van der Waals surface area contributed by atoms with Gasteiger partial charge in [0, 0.05) is 41.8 Å². The molecule has 0 aromatic heterocycles. The van der Waals surface area contributed by atoms with Gasteiger partial charge in [-0.15, -0.1) is 0 Å². The lowest BCUT2D eigenvalue weighted by atomic mass is 9.68. The van der Waals surface area contributed by atoms with Crippen LogP contribution in [0.4, 0.5) is 11.4 Å². The van der Waals surface area contributed by atoms with E-state index in [1.54, 1.807) is 0 Å². The van der Waals surface area contributed by atoms with Crippen LogP contribution in [0.3, 0.4) is 0 Å². The van der Waals surface area contributed by atoms with Crippen LogP contribution in [0, 0.1) is 5.41 Å². The Labute approximate surface area is 209 Å². The molecule has 5 rings (SSSR count). The predicted octanol–water partition coefficient (Wildman–Crippen LogP) is 7.62. The highest BCUT2D eigenvalue weighted by Gasteiger charge is 2.40. The predicted molar refractivity (Wildman–Crippen MR) is 143 cm³/mol. The lowest BCUT2D eigenvalue weighted by molar-refractivity contribution is -0.118. The number of anilines is 2. The second-order valence-corrected chi connectivity index (χ2v) is 11.0. The van der Waals surface area contributed by atoms with E-state index in [1.165, 1.54) is 0 Å². The number of rotatable bonds is 4. The van der Waals surface area contributed by atoms with E-state index in [0.29, 0.717) is 6.42 Å². The van der Waals surface area contributed by atoms with Gasteiger partial charge >= 0.3 is 0 Å². The van der Waals surface area contributed by atoms with E-state index in [9.17, 15) is 4.79 Å². The molecule has 34 heavy (non-hydrogen) atoms. The summed E-state index contributed by atoms with van der Waals surface area (Å²) in [6.07, 6.45) is 1.40. The van der Waals surface area contributed by atoms with E-state index in [-0.39, 0.29) is 17.2 Å². The monoisotopic (exact) mass is 516 g/mol. The standard InChI is InChI=1S/C29H29BrN2O2/c1-29(2)16-22-21-15-20(34-19-8-6-5-7-9-19)11-12-24(21)31-28(27(22)26(33)17-29)18-10-13-25(32(3)4)23(30)14-18/h5-15,28,31H,16-17H2,1-4H3. The van der Waals surface area contributed by atoms with Gasteiger partial charge in [0.25, 0.3) is 0 Å². The zero-order chi connectivity index (χ0) is 24.0. The molecule has 2 aliphatic rings. The molecule has 1 N–H and O–H groups in total. The van der Waals surface area contributed by atoms with Gasteiger partial charge < -0.3 is 15.0 Å². The third kappa shape index (κ3) is 4.25. The van der Waals surface area contributed by atoms with Crippen molar-refractivity contribution in [2.45, 2.75) is 32.7 Å². The zero-order valence-electron chi connectivity index (χ0n) is 20.0. The number of hydrogen-bond donors (Lipinski definition) is 1. The molecule has 0 bridgehead atoms. The Morgan fingerprint density at radius 3 is 2.44 bits per heavy atom. The summed E-state index contributed by atoms with van der Waals surface area (Å²) in [5, 5.41) is 3.67. The molecular formula is C29H29BrN2O2. The zero-order valence-corrected chi connectivity index (χ0v) is 21.6. The van der Waals surface area contributed by atoms with Crippen molar-refractivity contribution >= 4 is 38.7 Å². The smallest absolute Gasteiger partial charge is 0.162 e. The first-order valence-corrected chi connectivity index (χ1v) is 12.4. The molecule has 0 saturated carbocycles. The van der Waals surface area contributed by atoms with Crippen LogP contribution < -0.4 is 15.0 Å². The van der Waals surface area contributed by atoms with Crippen molar-refractivity contribution in [3.63, 3.8) is 0 Å². The number of halogens is 1. The van der Waals surface area contributed by atoms with Gasteiger partial charge in [0.2, 0.25) is 0 Å². The minimum atomic E-state index is -0.181. The molecule has 1 aliphatic carbocycles. The van der Waals surface area contributed by atoms with Crippen LogP contribution in [0.1, 0.15) is 43.9 Å². The normalized spacial score (nSPS) is 18.6. The van der Waals surface area contributed by atoms with Gasteiger partial charge in [-0.2, -0.15) is 0 Å². The average molecular weight is 517 g/mol. The molecule has 1 atom stereocenters. The third-order valence-corrected chi connectivity index (χ3v) is 7.23. The van der Waals surface area contributed by atoms with Gasteiger partial charge in [0.05, 0.1) is 11.7 Å². The number of Topliss-reactive ketones (excluding diaryl/α,β-unsaturated/α-hetero) is 1. The van der Waals surface area contributed by atoms with E-state index in [0.717, 1.165) is 56.0 Å². The van der Waals surface area contributed by atoms with Crippen molar-refractivity contribution in [2.75, 3.05) is 24.3 Å². The Bertz CT molecular complexity index is 1290. The van der Waals surface area contributed by atoms with Gasteiger partial charge in [0.15, 0.2) is 5.78 Å². The SMILES string of the molecule is CN(C)c1ccc(C2Nc3ccc(Oc4ccccc4)cc3C3=C2C(=O)CC(C)(C)C3)cc1Br. The highest BCUT2D eigenvalue weighted by Crippen LogP contribution is 2.51. The summed E-state index contributed by atoms with van der Waals surface area (Å²) in [5.41, 5.74) is 6.20. The molecule has 1 heterocycles. The number of para-hydroxylation sites is 1. The summed E-state index contributed by atoms with van der Waals surface area (Å²) in [4.78, 5) is 15.6. The first-order chi connectivity index (χ1) is 16.2. The molecule has 0 spiro atoms. The lowest BCUT2D eigenvalue weighted by Gasteiger charge is -2.40. The molecule has 0 fully saturated rings. The number of benzene rings is 3. The van der Waals surface area contributed by atoms with Crippen molar-refractivity contribution in [2.24, 2.45) is 5.41 Å².